The topological polar surface area (TPSA) is 92.1 Å². The monoisotopic (exact) mass is 480 g/mol. The van der Waals surface area contributed by atoms with Crippen LogP contribution in [0.1, 0.15) is 17.2 Å². The maximum absolute atomic E-state index is 15.1. The molecule has 0 aliphatic rings. The summed E-state index contributed by atoms with van der Waals surface area (Å²) in [6, 6.07) is 19.8. The number of nitrogens with two attached hydrogens (primary N) is 1. The molecular weight excluding hydrogens is 459 g/mol. The van der Waals surface area contributed by atoms with E-state index in [4.69, 9.17) is 22.1 Å². The molecule has 9 heteroatoms. The molecule has 34 heavy (non-hydrogen) atoms. The van der Waals surface area contributed by atoms with Crippen molar-refractivity contribution < 1.29 is 9.13 Å². The molecule has 4 aromatic rings. The Hall–Kier alpha value is -3.75. The van der Waals surface area contributed by atoms with Gasteiger partial charge in [-0.25, -0.2) is 13.9 Å². The van der Waals surface area contributed by atoms with Crippen molar-refractivity contribution in [2.24, 2.45) is 5.73 Å². The summed E-state index contributed by atoms with van der Waals surface area (Å²) < 4.78 is 22.2. The van der Waals surface area contributed by atoms with Gasteiger partial charge in [0.1, 0.15) is 0 Å². The van der Waals surface area contributed by atoms with E-state index in [0.717, 1.165) is 14.8 Å². The van der Waals surface area contributed by atoms with E-state index >= 15 is 4.39 Å². The quantitative estimate of drug-likeness (QED) is 0.436. The molecule has 0 amide bonds. The second kappa shape index (κ2) is 10.0. The molecule has 1 heterocycles. The predicted octanol–water partition coefficient (Wildman–Crippen LogP) is 3.62. The van der Waals surface area contributed by atoms with Crippen molar-refractivity contribution in [3.8, 4) is 17.0 Å². The van der Waals surface area contributed by atoms with Gasteiger partial charge < -0.3 is 10.5 Å². The number of hydrogen-bond donors (Lipinski definition) is 1. The van der Waals surface area contributed by atoms with Gasteiger partial charge in [0.2, 0.25) is 0 Å². The molecule has 7 nitrogen and oxygen atoms in total. The number of nitrogens with zero attached hydrogens (tertiary/aromatic N) is 3. The van der Waals surface area contributed by atoms with E-state index in [1.807, 2.05) is 30.3 Å². The second-order valence-corrected chi connectivity index (χ2v) is 8.04. The Morgan fingerprint density at radius 1 is 1.03 bits per heavy atom. The molecule has 174 valence electrons. The maximum atomic E-state index is 15.1. The van der Waals surface area contributed by atoms with Crippen LogP contribution in [-0.2, 0) is 13.1 Å². The summed E-state index contributed by atoms with van der Waals surface area (Å²) >= 11 is 6.28. The zero-order valence-corrected chi connectivity index (χ0v) is 19.1. The molecule has 1 aromatic heterocycles. The highest BCUT2D eigenvalue weighted by molar-refractivity contribution is 6.31. The molecule has 3 aromatic carbocycles. The van der Waals surface area contributed by atoms with Crippen LogP contribution in [0, 0.1) is 5.82 Å². The number of hydrogen-bond acceptors (Lipinski definition) is 5. The van der Waals surface area contributed by atoms with Gasteiger partial charge in [-0.05, 0) is 29.3 Å². The molecule has 0 saturated carbocycles. The summed E-state index contributed by atoms with van der Waals surface area (Å²) in [5.41, 5.74) is 5.93. The van der Waals surface area contributed by atoms with Gasteiger partial charge in [0, 0.05) is 16.6 Å². The molecular formula is C25H22ClFN4O3. The highest BCUT2D eigenvalue weighted by Gasteiger charge is 2.21. The largest absolute Gasteiger partial charge is 0.494 e. The third-order valence-corrected chi connectivity index (χ3v) is 5.81. The highest BCUT2D eigenvalue weighted by Crippen LogP contribution is 2.26. The molecule has 0 radical (unpaired) electrons. The fraction of sp³-hybridized carbons (Fsp3) is 0.160. The summed E-state index contributed by atoms with van der Waals surface area (Å²) in [6.07, 6.45) is 0. The van der Waals surface area contributed by atoms with Crippen LogP contribution < -0.4 is 21.7 Å². The van der Waals surface area contributed by atoms with Gasteiger partial charge in [0.05, 0.1) is 20.2 Å². The molecule has 0 spiro atoms. The van der Waals surface area contributed by atoms with Gasteiger partial charge in [-0.1, -0.05) is 66.2 Å². The van der Waals surface area contributed by atoms with Gasteiger partial charge in [-0.15, -0.1) is 0 Å². The minimum absolute atomic E-state index is 0.0159. The summed E-state index contributed by atoms with van der Waals surface area (Å²) in [7, 11) is 1.32. The molecule has 0 aliphatic carbocycles. The average molecular weight is 481 g/mol. The summed E-state index contributed by atoms with van der Waals surface area (Å²) in [5.74, 6) is -0.799. The van der Waals surface area contributed by atoms with E-state index in [9.17, 15) is 9.59 Å². The number of ether oxygens (including phenoxy) is 1. The van der Waals surface area contributed by atoms with Gasteiger partial charge in [-0.3, -0.25) is 9.36 Å². The molecule has 1 atom stereocenters. The first-order valence-corrected chi connectivity index (χ1v) is 10.9. The van der Waals surface area contributed by atoms with Crippen LogP contribution in [0.2, 0.25) is 5.02 Å². The minimum Gasteiger partial charge on any atom is -0.494 e. The van der Waals surface area contributed by atoms with E-state index < -0.39 is 23.1 Å². The first-order valence-electron chi connectivity index (χ1n) is 10.5. The van der Waals surface area contributed by atoms with E-state index in [0.29, 0.717) is 10.6 Å². The zero-order chi connectivity index (χ0) is 24.2. The van der Waals surface area contributed by atoms with Crippen molar-refractivity contribution in [2.45, 2.75) is 19.1 Å². The standard InChI is InChI=1S/C25H22ClFN4O3/c1-34-21-13-7-11-18(22(21)27)23-24(32)30(15-20(28)16-8-3-2-4-9-16)25(33)31(29-23)14-17-10-5-6-12-19(17)26/h2-13,20H,14-15,28H2,1H3. The van der Waals surface area contributed by atoms with Crippen molar-refractivity contribution >= 4 is 11.6 Å². The fourth-order valence-electron chi connectivity index (χ4n) is 3.63. The Kier molecular flexibility index (Phi) is 6.90. The minimum atomic E-state index is -0.753. The lowest BCUT2D eigenvalue weighted by Crippen LogP contribution is -2.44. The molecule has 0 aliphatic heterocycles. The Morgan fingerprint density at radius 2 is 1.74 bits per heavy atom. The first-order chi connectivity index (χ1) is 16.4. The first kappa shape index (κ1) is 23.4. The lowest BCUT2D eigenvalue weighted by atomic mass is 10.1. The van der Waals surface area contributed by atoms with E-state index in [1.54, 1.807) is 30.3 Å². The zero-order valence-electron chi connectivity index (χ0n) is 18.3. The van der Waals surface area contributed by atoms with Crippen molar-refractivity contribution in [1.82, 2.24) is 14.3 Å². The average Bonchev–Trinajstić information content (AvgIpc) is 2.85. The third kappa shape index (κ3) is 4.64. The smallest absolute Gasteiger partial charge is 0.347 e. The number of benzene rings is 3. The number of aromatic nitrogens is 3. The normalized spacial score (nSPS) is 11.9. The van der Waals surface area contributed by atoms with E-state index in [1.165, 1.54) is 19.2 Å². The van der Waals surface area contributed by atoms with Crippen LogP contribution in [-0.4, -0.2) is 21.5 Å². The second-order valence-electron chi connectivity index (χ2n) is 7.63. The van der Waals surface area contributed by atoms with Crippen molar-refractivity contribution in [2.75, 3.05) is 7.11 Å². The van der Waals surface area contributed by atoms with Gasteiger partial charge in [0.25, 0.3) is 5.56 Å². The summed E-state index contributed by atoms with van der Waals surface area (Å²) in [6.45, 7) is -0.136. The molecule has 4 rings (SSSR count). The molecule has 1 unspecified atom stereocenters. The Morgan fingerprint density at radius 3 is 2.44 bits per heavy atom. The van der Waals surface area contributed by atoms with Crippen LogP contribution >= 0.6 is 11.6 Å². The van der Waals surface area contributed by atoms with Gasteiger partial charge >= 0.3 is 5.69 Å². The Bertz CT molecular complexity index is 1440. The van der Waals surface area contributed by atoms with Crippen LogP contribution in [0.5, 0.6) is 5.75 Å². The Labute approximate surface area is 199 Å². The highest BCUT2D eigenvalue weighted by atomic mass is 35.5. The predicted molar refractivity (Wildman–Crippen MR) is 129 cm³/mol. The SMILES string of the molecule is COc1cccc(-c2nn(Cc3ccccc3Cl)c(=O)n(CC(N)c3ccccc3)c2=O)c1F. The van der Waals surface area contributed by atoms with Gasteiger partial charge in [0.15, 0.2) is 17.3 Å². The summed E-state index contributed by atoms with van der Waals surface area (Å²) in [4.78, 5) is 26.7. The van der Waals surface area contributed by atoms with Gasteiger partial charge in [-0.2, -0.15) is 5.10 Å². The number of methoxy groups -OCH3 is 1. The van der Waals surface area contributed by atoms with Crippen molar-refractivity contribution in [1.29, 1.82) is 0 Å². The van der Waals surface area contributed by atoms with Crippen molar-refractivity contribution in [3.05, 3.63) is 116 Å². The molecule has 0 bridgehead atoms. The number of rotatable bonds is 7. The van der Waals surface area contributed by atoms with E-state index in [-0.39, 0.29) is 30.1 Å². The lowest BCUT2D eigenvalue weighted by molar-refractivity contribution is 0.387. The van der Waals surface area contributed by atoms with Crippen molar-refractivity contribution in [3.63, 3.8) is 0 Å². The number of halogens is 2. The Balaban J connectivity index is 1.89. The van der Waals surface area contributed by atoms with E-state index in [2.05, 4.69) is 5.10 Å². The van der Waals surface area contributed by atoms with Crippen LogP contribution in [0.15, 0.2) is 82.4 Å². The molecule has 0 fully saturated rings. The maximum Gasteiger partial charge on any atom is 0.347 e. The molecule has 2 N–H and O–H groups in total. The van der Waals surface area contributed by atoms with Crippen LogP contribution in [0.3, 0.4) is 0 Å². The summed E-state index contributed by atoms with van der Waals surface area (Å²) in [5, 5.41) is 4.67. The fourth-order valence-corrected chi connectivity index (χ4v) is 3.83. The lowest BCUT2D eigenvalue weighted by Gasteiger charge is -2.17. The third-order valence-electron chi connectivity index (χ3n) is 5.44. The molecule has 0 saturated heterocycles. The van der Waals surface area contributed by atoms with Crippen LogP contribution in [0.25, 0.3) is 11.3 Å². The van der Waals surface area contributed by atoms with Crippen LogP contribution in [0.4, 0.5) is 4.39 Å².